The number of rotatable bonds is 11. The molecule has 1 unspecified atom stereocenters. The highest BCUT2D eigenvalue weighted by Gasteiger charge is 2.29. The van der Waals surface area contributed by atoms with Crippen molar-refractivity contribution in [1.29, 1.82) is 0 Å². The zero-order valence-electron chi connectivity index (χ0n) is 22.9. The summed E-state index contributed by atoms with van der Waals surface area (Å²) in [7, 11) is 2.96. The first-order valence-electron chi connectivity index (χ1n) is 13.3. The van der Waals surface area contributed by atoms with E-state index in [0.29, 0.717) is 79.3 Å². The van der Waals surface area contributed by atoms with Crippen molar-refractivity contribution in [2.75, 3.05) is 58.9 Å². The maximum absolute atomic E-state index is 14.1. The molecule has 0 aliphatic carbocycles. The zero-order chi connectivity index (χ0) is 29.1. The molecular formula is C28H32Cl2N6O5. The highest BCUT2D eigenvalue weighted by atomic mass is 35.5. The van der Waals surface area contributed by atoms with E-state index in [4.69, 9.17) is 42.4 Å². The summed E-state index contributed by atoms with van der Waals surface area (Å²) in [6.45, 7) is 7.58. The number of likely N-dealkylation sites (tertiary alicyclic amines) is 1. The Bertz CT molecular complexity index is 1490. The number of nitrogens with one attached hydrogen (secondary N) is 2. The Morgan fingerprint density at radius 1 is 1.22 bits per heavy atom. The van der Waals surface area contributed by atoms with Gasteiger partial charge in [-0.2, -0.15) is 4.98 Å². The number of hydrogen-bond donors (Lipinski definition) is 2. The van der Waals surface area contributed by atoms with Crippen molar-refractivity contribution in [3.63, 3.8) is 0 Å². The van der Waals surface area contributed by atoms with Crippen LogP contribution in [0.1, 0.15) is 6.42 Å². The van der Waals surface area contributed by atoms with Crippen LogP contribution >= 0.6 is 23.2 Å². The van der Waals surface area contributed by atoms with Crippen LogP contribution in [-0.2, 0) is 16.1 Å². The predicted molar refractivity (Wildman–Crippen MR) is 158 cm³/mol. The van der Waals surface area contributed by atoms with Crippen molar-refractivity contribution in [3.05, 3.63) is 51.4 Å². The van der Waals surface area contributed by atoms with Crippen molar-refractivity contribution >= 4 is 46.1 Å². The molecule has 41 heavy (non-hydrogen) atoms. The number of hydrogen-bond acceptors (Lipinski definition) is 9. The van der Waals surface area contributed by atoms with E-state index in [1.807, 2.05) is 0 Å². The second-order valence-corrected chi connectivity index (χ2v) is 10.7. The van der Waals surface area contributed by atoms with E-state index in [-0.39, 0.29) is 33.1 Å². The molecule has 0 spiro atoms. The van der Waals surface area contributed by atoms with E-state index >= 15 is 0 Å². The minimum Gasteiger partial charge on any atom is -0.495 e. The first-order valence-corrected chi connectivity index (χ1v) is 14.1. The molecule has 11 nitrogen and oxygen atoms in total. The van der Waals surface area contributed by atoms with Gasteiger partial charge in [0.05, 0.1) is 36.4 Å². The number of amides is 1. The van der Waals surface area contributed by atoms with Crippen LogP contribution in [0.2, 0.25) is 10.0 Å². The number of halogens is 2. The van der Waals surface area contributed by atoms with Gasteiger partial charge < -0.3 is 29.7 Å². The van der Waals surface area contributed by atoms with Crippen LogP contribution in [0.5, 0.6) is 11.5 Å². The van der Waals surface area contributed by atoms with E-state index in [9.17, 15) is 9.59 Å². The van der Waals surface area contributed by atoms with Gasteiger partial charge in [-0.15, -0.1) is 0 Å². The van der Waals surface area contributed by atoms with E-state index in [1.165, 1.54) is 20.3 Å². The maximum atomic E-state index is 14.1. The second-order valence-electron chi connectivity index (χ2n) is 9.98. The lowest BCUT2D eigenvalue weighted by atomic mass is 10.0. The molecule has 0 saturated carbocycles. The molecule has 1 atom stereocenters. The van der Waals surface area contributed by atoms with Crippen LogP contribution in [0.25, 0.3) is 22.2 Å². The largest absolute Gasteiger partial charge is 0.495 e. The van der Waals surface area contributed by atoms with Crippen molar-refractivity contribution in [2.24, 2.45) is 5.92 Å². The smallest absolute Gasteiger partial charge is 0.260 e. The molecule has 13 heteroatoms. The van der Waals surface area contributed by atoms with Gasteiger partial charge in [0.15, 0.2) is 0 Å². The Labute approximate surface area is 247 Å². The molecule has 218 valence electrons. The molecule has 1 amide bonds. The number of benzene rings is 1. The number of fused-ring (bicyclic) bond motifs is 1. The number of ether oxygens (including phenoxy) is 3. The predicted octanol–water partition coefficient (Wildman–Crippen LogP) is 3.22. The molecule has 2 saturated heterocycles. The molecule has 2 aromatic heterocycles. The summed E-state index contributed by atoms with van der Waals surface area (Å²) in [6, 6.07) is 3.39. The summed E-state index contributed by atoms with van der Waals surface area (Å²) < 4.78 is 17.9. The van der Waals surface area contributed by atoms with Crippen molar-refractivity contribution < 1.29 is 19.0 Å². The molecule has 2 fully saturated rings. The Morgan fingerprint density at radius 2 is 1.95 bits per heavy atom. The Balaban J connectivity index is 1.51. The molecule has 5 rings (SSSR count). The molecule has 0 radical (unpaired) electrons. The summed E-state index contributed by atoms with van der Waals surface area (Å²) in [6.07, 6.45) is 3.96. The number of anilines is 1. The lowest BCUT2D eigenvalue weighted by Crippen LogP contribution is -2.59. The van der Waals surface area contributed by atoms with Gasteiger partial charge in [-0.3, -0.25) is 14.2 Å². The van der Waals surface area contributed by atoms with Gasteiger partial charge in [-0.05, 0) is 18.6 Å². The summed E-state index contributed by atoms with van der Waals surface area (Å²) in [5, 5.41) is 7.71. The number of pyridine rings is 1. The first kappa shape index (κ1) is 29.1. The quantitative estimate of drug-likeness (QED) is 0.319. The molecule has 1 aromatic carbocycles. The fourth-order valence-corrected chi connectivity index (χ4v) is 5.73. The Hall–Kier alpha value is -3.38. The Morgan fingerprint density at radius 3 is 2.59 bits per heavy atom. The normalized spacial score (nSPS) is 17.0. The summed E-state index contributed by atoms with van der Waals surface area (Å²) >= 11 is 13.4. The standard InChI is InChI=1S/C28H32Cl2N6O5/c1-4-22(37)35-13-18(14-35)31-6-7-36-26-17(12-33-28(34-26)32-11-16-5-8-41-15-16)9-19(27(36)38)23-24(29)20(39-2)10-21(40-3)25(23)30/h4,9-10,12,16,18,31H,1,5-8,11,13-15H2,2-3H3,(H,32,33,34). The topological polar surface area (TPSA) is 120 Å². The Kier molecular flexibility index (Phi) is 8.98. The average molecular weight is 604 g/mol. The van der Waals surface area contributed by atoms with Gasteiger partial charge in [-0.1, -0.05) is 29.8 Å². The summed E-state index contributed by atoms with van der Waals surface area (Å²) in [5.74, 6) is 1.36. The van der Waals surface area contributed by atoms with E-state index < -0.39 is 0 Å². The van der Waals surface area contributed by atoms with Crippen molar-refractivity contribution in [1.82, 2.24) is 24.8 Å². The number of carbonyl (C=O) groups excluding carboxylic acids is 1. The summed E-state index contributed by atoms with van der Waals surface area (Å²) in [5.41, 5.74) is 0.715. The van der Waals surface area contributed by atoms with Gasteiger partial charge in [-0.25, -0.2) is 4.98 Å². The molecule has 0 bridgehead atoms. The highest BCUT2D eigenvalue weighted by Crippen LogP contribution is 2.45. The zero-order valence-corrected chi connectivity index (χ0v) is 24.4. The van der Waals surface area contributed by atoms with Gasteiger partial charge >= 0.3 is 0 Å². The minimum absolute atomic E-state index is 0.0960. The number of carbonyl (C=O) groups is 1. The lowest BCUT2D eigenvalue weighted by Gasteiger charge is -2.39. The minimum atomic E-state index is -0.329. The van der Waals surface area contributed by atoms with Gasteiger partial charge in [0, 0.05) is 74.5 Å². The fourth-order valence-electron chi connectivity index (χ4n) is 5.03. The van der Waals surface area contributed by atoms with Gasteiger partial charge in [0.1, 0.15) is 17.1 Å². The monoisotopic (exact) mass is 602 g/mol. The molecule has 4 heterocycles. The molecule has 3 aromatic rings. The fraction of sp³-hybridized carbons (Fsp3) is 0.429. The SMILES string of the molecule is C=CC(=O)N1CC(NCCn2c(=O)c(-c3c(Cl)c(OC)cc(OC)c3Cl)cc3cnc(NCC4CCOC4)nc32)C1. The molecule has 2 aliphatic heterocycles. The van der Waals surface area contributed by atoms with E-state index in [1.54, 1.807) is 27.8 Å². The second kappa shape index (κ2) is 12.6. The van der Waals surface area contributed by atoms with Crippen LogP contribution in [-0.4, -0.2) is 85.0 Å². The lowest BCUT2D eigenvalue weighted by molar-refractivity contribution is -0.130. The highest BCUT2D eigenvalue weighted by molar-refractivity contribution is 6.41. The van der Waals surface area contributed by atoms with Crippen LogP contribution in [0.4, 0.5) is 5.95 Å². The van der Waals surface area contributed by atoms with Crippen molar-refractivity contribution in [2.45, 2.75) is 19.0 Å². The van der Waals surface area contributed by atoms with Gasteiger partial charge in [0.2, 0.25) is 11.9 Å². The van der Waals surface area contributed by atoms with Crippen LogP contribution in [0.15, 0.2) is 35.8 Å². The van der Waals surface area contributed by atoms with Crippen LogP contribution in [0.3, 0.4) is 0 Å². The van der Waals surface area contributed by atoms with Crippen LogP contribution < -0.4 is 25.7 Å². The van der Waals surface area contributed by atoms with Crippen LogP contribution in [0, 0.1) is 5.92 Å². The maximum Gasteiger partial charge on any atom is 0.260 e. The third kappa shape index (κ3) is 5.99. The summed E-state index contributed by atoms with van der Waals surface area (Å²) in [4.78, 5) is 36.8. The number of methoxy groups -OCH3 is 2. The third-order valence-corrected chi connectivity index (χ3v) is 8.13. The molecule has 2 N–H and O–H groups in total. The average Bonchev–Trinajstić information content (AvgIpc) is 3.48. The molecule has 2 aliphatic rings. The third-order valence-electron chi connectivity index (χ3n) is 7.38. The van der Waals surface area contributed by atoms with Crippen molar-refractivity contribution in [3.8, 4) is 22.6 Å². The first-order chi connectivity index (χ1) is 19.8. The number of nitrogens with zero attached hydrogens (tertiary/aromatic N) is 4. The van der Waals surface area contributed by atoms with E-state index in [2.05, 4.69) is 22.2 Å². The van der Waals surface area contributed by atoms with E-state index in [0.717, 1.165) is 13.0 Å². The molecular weight excluding hydrogens is 571 g/mol. The van der Waals surface area contributed by atoms with Gasteiger partial charge in [0.25, 0.3) is 5.56 Å². The number of aromatic nitrogens is 3.